The summed E-state index contributed by atoms with van der Waals surface area (Å²) in [6.07, 6.45) is 29.3. The average Bonchev–Trinajstić information content (AvgIpc) is 3.45. The molecule has 0 heterocycles. The largest absolute Gasteiger partial charge is 0.412 e. The van der Waals surface area contributed by atoms with Crippen molar-refractivity contribution in [3.05, 3.63) is 233 Å². The minimum absolute atomic E-state index is 0. The molecule has 0 aliphatic carbocycles. The molecule has 82 heavy (non-hydrogen) atoms. The van der Waals surface area contributed by atoms with Crippen LogP contribution in [-0.2, 0) is 0 Å². The molecule has 0 saturated carbocycles. The van der Waals surface area contributed by atoms with Crippen molar-refractivity contribution in [3.8, 4) is 12.1 Å². The summed E-state index contributed by atoms with van der Waals surface area (Å²) >= 11 is 0. The molecule has 6 rings (SSSR count). The fourth-order valence-electron chi connectivity index (χ4n) is 9.76. The SMILES string of the molecule is C/C=C(\C#N)c1cc(C)c(/C(C#N)=C/c2cc(C)c(C)cc2C)cc1C.C/C=C/c1cc(C)c(C)cc1C.C/C=C/c1cc(C)c(C)cc1C.C/C=C/c1ccc(C)cc1.C/C=C/c1ccc(C)cc1[Si](C)(C)CCCCCCCC.O. The van der Waals surface area contributed by atoms with Gasteiger partial charge in [0, 0.05) is 0 Å². The molecule has 0 aliphatic heterocycles. The Morgan fingerprint density at radius 2 is 0.793 bits per heavy atom. The van der Waals surface area contributed by atoms with Gasteiger partial charge in [0.05, 0.1) is 31.4 Å². The van der Waals surface area contributed by atoms with E-state index in [0.29, 0.717) is 11.1 Å². The van der Waals surface area contributed by atoms with E-state index in [1.807, 2.05) is 58.1 Å². The molecule has 4 heteroatoms. The second kappa shape index (κ2) is 37.8. The number of benzene rings is 6. The lowest BCUT2D eigenvalue weighted by Gasteiger charge is -2.25. The molecule has 0 bridgehead atoms. The van der Waals surface area contributed by atoms with Crippen molar-refractivity contribution in [2.75, 3.05) is 0 Å². The van der Waals surface area contributed by atoms with E-state index in [1.54, 1.807) is 5.19 Å². The van der Waals surface area contributed by atoms with Gasteiger partial charge in [-0.1, -0.05) is 214 Å². The van der Waals surface area contributed by atoms with Crippen molar-refractivity contribution in [2.24, 2.45) is 0 Å². The fourth-order valence-corrected chi connectivity index (χ4v) is 12.7. The molecule has 0 fully saturated rings. The molecule has 0 amide bonds. The highest BCUT2D eigenvalue weighted by Crippen LogP contribution is 2.30. The topological polar surface area (TPSA) is 79.1 Å². The Hall–Kier alpha value is -7.08. The Kier molecular flexibility index (Phi) is 33.7. The molecule has 2 N–H and O–H groups in total. The van der Waals surface area contributed by atoms with Gasteiger partial charge in [0.1, 0.15) is 0 Å². The molecule has 0 unspecified atom stereocenters. The number of nitrogens with zero attached hydrogens (tertiary/aromatic N) is 2. The first-order valence-electron chi connectivity index (χ1n) is 29.7. The van der Waals surface area contributed by atoms with Crippen molar-refractivity contribution >= 4 is 54.8 Å². The predicted molar refractivity (Wildman–Crippen MR) is 371 cm³/mol. The molecular weight excluding hydrogens is 1010 g/mol. The summed E-state index contributed by atoms with van der Waals surface area (Å²) in [5.41, 5.74) is 26.1. The van der Waals surface area contributed by atoms with E-state index < -0.39 is 8.07 Å². The highest BCUT2D eigenvalue weighted by molar-refractivity contribution is 6.90. The Balaban J connectivity index is 0.000000536. The fraction of sp³-hybridized carbons (Fsp3) is 0.359. The smallest absolute Gasteiger partial charge is 0.0998 e. The first kappa shape index (κ1) is 72.9. The quantitative estimate of drug-likeness (QED) is 0.0444. The van der Waals surface area contributed by atoms with Crippen LogP contribution in [0.1, 0.15) is 191 Å². The summed E-state index contributed by atoms with van der Waals surface area (Å²) in [6, 6.07) is 38.8. The molecule has 6 aromatic carbocycles. The maximum absolute atomic E-state index is 9.76. The number of unbranched alkanes of at least 4 members (excludes halogenated alkanes) is 5. The van der Waals surface area contributed by atoms with Gasteiger partial charge in [-0.2, -0.15) is 10.5 Å². The Morgan fingerprint density at radius 3 is 1.23 bits per heavy atom. The first-order valence-corrected chi connectivity index (χ1v) is 32.9. The summed E-state index contributed by atoms with van der Waals surface area (Å²) in [4.78, 5) is 0. The normalized spacial score (nSPS) is 11.4. The van der Waals surface area contributed by atoms with Crippen molar-refractivity contribution in [2.45, 2.75) is 189 Å². The Morgan fingerprint density at radius 1 is 0.402 bits per heavy atom. The van der Waals surface area contributed by atoms with Crippen molar-refractivity contribution in [3.63, 3.8) is 0 Å². The van der Waals surface area contributed by atoms with Gasteiger partial charge in [-0.15, -0.1) is 0 Å². The van der Waals surface area contributed by atoms with Crippen LogP contribution in [0.25, 0.3) is 41.5 Å². The van der Waals surface area contributed by atoms with Gasteiger partial charge in [0.2, 0.25) is 0 Å². The van der Waals surface area contributed by atoms with E-state index in [-0.39, 0.29) is 5.48 Å². The minimum atomic E-state index is -1.31. The van der Waals surface area contributed by atoms with Crippen LogP contribution in [0.5, 0.6) is 0 Å². The molecule has 0 saturated heterocycles. The number of hydrogen-bond donors (Lipinski definition) is 0. The molecule has 0 spiro atoms. The lowest BCUT2D eigenvalue weighted by Crippen LogP contribution is -2.42. The van der Waals surface area contributed by atoms with Crippen LogP contribution >= 0.6 is 0 Å². The lowest BCUT2D eigenvalue weighted by atomic mass is 9.91. The predicted octanol–water partition coefficient (Wildman–Crippen LogP) is 22.0. The first-order chi connectivity index (χ1) is 38.4. The summed E-state index contributed by atoms with van der Waals surface area (Å²) in [7, 11) is -1.31. The highest BCUT2D eigenvalue weighted by atomic mass is 28.3. The number of aryl methyl sites for hydroxylation is 13. The maximum atomic E-state index is 9.76. The zero-order valence-electron chi connectivity index (χ0n) is 54.8. The van der Waals surface area contributed by atoms with Gasteiger partial charge < -0.3 is 5.48 Å². The molecule has 0 radical (unpaired) electrons. The maximum Gasteiger partial charge on any atom is 0.0998 e. The molecule has 0 aromatic heterocycles. The molecule has 3 nitrogen and oxygen atoms in total. The van der Waals surface area contributed by atoms with E-state index in [1.165, 1.54) is 122 Å². The van der Waals surface area contributed by atoms with Crippen LogP contribution in [0, 0.1) is 113 Å². The number of hydrogen-bond acceptors (Lipinski definition) is 2. The average molecular weight is 1110 g/mol. The van der Waals surface area contributed by atoms with Gasteiger partial charge in [0.15, 0.2) is 0 Å². The van der Waals surface area contributed by atoms with Crippen LogP contribution in [0.15, 0.2) is 121 Å². The molecule has 6 aromatic rings. The van der Waals surface area contributed by atoms with Crippen LogP contribution in [0.2, 0.25) is 19.1 Å². The molecule has 436 valence electrons. The number of rotatable bonds is 15. The summed E-state index contributed by atoms with van der Waals surface area (Å²) in [5, 5.41) is 20.7. The van der Waals surface area contributed by atoms with Gasteiger partial charge in [-0.05, 0) is 243 Å². The third kappa shape index (κ3) is 24.2. The standard InChI is InChI=1S/C24H24N2.C20H34Si.2C12H16.C10H12.H2O/c1-7-20(13-25)23-10-19(6)24(11-18(23)5)22(14-26)12-21-9-16(3)15(2)8-17(21)4;1-6-8-9-10-11-12-16-21(4,5)20-17-18(3)14-15-19(20)13-7-2;2*1-5-6-12-8-10(3)9(2)7-11(12)4;1-3-4-10-7-5-9(2)6-8-10;/h7-12H,1-6H3;7,13-15,17H,6,8-12,16H2,1-5H3;2*5-8H,1-4H3;3-8H,1-2H3;1H2/b20-7+,22-12+;13-7+;2*6-5+;4-3+;. The van der Waals surface area contributed by atoms with E-state index in [4.69, 9.17) is 0 Å². The zero-order valence-corrected chi connectivity index (χ0v) is 55.8. The zero-order chi connectivity index (χ0) is 60.8. The third-order valence-electron chi connectivity index (χ3n) is 15.2. The van der Waals surface area contributed by atoms with Crippen molar-refractivity contribution < 1.29 is 5.48 Å². The Bertz CT molecular complexity index is 3180. The minimum Gasteiger partial charge on any atom is -0.412 e. The van der Waals surface area contributed by atoms with Crippen molar-refractivity contribution in [1.82, 2.24) is 0 Å². The van der Waals surface area contributed by atoms with E-state index in [2.05, 4.69) is 250 Å². The monoisotopic (exact) mass is 1110 g/mol. The van der Waals surface area contributed by atoms with E-state index >= 15 is 0 Å². The summed E-state index contributed by atoms with van der Waals surface area (Å²) < 4.78 is 0. The Labute approximate surface area is 502 Å². The second-order valence-electron chi connectivity index (χ2n) is 22.7. The number of nitriles is 2. The van der Waals surface area contributed by atoms with E-state index in [9.17, 15) is 10.5 Å². The van der Waals surface area contributed by atoms with Gasteiger partial charge in [-0.25, -0.2) is 0 Å². The van der Waals surface area contributed by atoms with Gasteiger partial charge in [-0.3, -0.25) is 0 Å². The molecule has 0 aliphatic rings. The second-order valence-corrected chi connectivity index (χ2v) is 27.6. The van der Waals surface area contributed by atoms with Crippen LogP contribution < -0.4 is 5.19 Å². The van der Waals surface area contributed by atoms with Crippen LogP contribution in [0.4, 0.5) is 0 Å². The lowest BCUT2D eigenvalue weighted by molar-refractivity contribution is 0.623. The molecular formula is C78H104N2OSi. The van der Waals surface area contributed by atoms with Crippen LogP contribution in [0.3, 0.4) is 0 Å². The van der Waals surface area contributed by atoms with E-state index in [0.717, 1.165) is 33.4 Å². The highest BCUT2D eigenvalue weighted by Gasteiger charge is 2.25. The summed E-state index contributed by atoms with van der Waals surface area (Å²) in [5.74, 6) is 0. The van der Waals surface area contributed by atoms with Crippen LogP contribution in [-0.4, -0.2) is 13.6 Å². The summed E-state index contributed by atoms with van der Waals surface area (Å²) in [6.45, 7) is 45.0. The third-order valence-corrected chi connectivity index (χ3v) is 18.7. The van der Waals surface area contributed by atoms with Gasteiger partial charge in [0.25, 0.3) is 0 Å². The van der Waals surface area contributed by atoms with Crippen molar-refractivity contribution in [1.29, 1.82) is 10.5 Å². The van der Waals surface area contributed by atoms with Gasteiger partial charge >= 0.3 is 0 Å². The number of allylic oxidation sites excluding steroid dienone is 7. The molecule has 0 atom stereocenters.